The first-order chi connectivity index (χ1) is 5.77. The fourth-order valence-corrected chi connectivity index (χ4v) is 2.99. The van der Waals surface area contributed by atoms with Crippen LogP contribution in [0.4, 0.5) is 0 Å². The Morgan fingerprint density at radius 2 is 2.17 bits per heavy atom. The van der Waals surface area contributed by atoms with E-state index in [9.17, 15) is 4.79 Å². The molecule has 0 radical (unpaired) electrons. The summed E-state index contributed by atoms with van der Waals surface area (Å²) in [6, 6.07) is 0. The van der Waals surface area contributed by atoms with E-state index in [1.165, 1.54) is 25.0 Å². The van der Waals surface area contributed by atoms with E-state index in [0.717, 1.165) is 5.92 Å². The molecule has 0 spiro atoms. The minimum Gasteiger partial charge on any atom is -0.481 e. The van der Waals surface area contributed by atoms with Gasteiger partial charge in [-0.3, -0.25) is 4.79 Å². The Balaban J connectivity index is 1.87. The highest BCUT2D eigenvalue weighted by Gasteiger charge is 2.40. The smallest absolute Gasteiger partial charge is 0.303 e. The second-order valence-electron chi connectivity index (χ2n) is 3.80. The molecule has 2 aliphatic rings. The van der Waals surface area contributed by atoms with Crippen LogP contribution in [0.25, 0.3) is 0 Å². The van der Waals surface area contributed by atoms with Crippen LogP contribution < -0.4 is 0 Å². The Labute approximate surface area is 76.7 Å². The highest BCUT2D eigenvalue weighted by molar-refractivity contribution is 8.01. The molecule has 0 amide bonds. The van der Waals surface area contributed by atoms with Gasteiger partial charge in [0, 0.05) is 11.7 Å². The summed E-state index contributed by atoms with van der Waals surface area (Å²) in [5, 5.41) is 9.39. The molecule has 2 nitrogen and oxygen atoms in total. The second-order valence-corrected chi connectivity index (χ2v) is 5.14. The van der Waals surface area contributed by atoms with Gasteiger partial charge in [-0.05, 0) is 36.9 Å². The summed E-state index contributed by atoms with van der Waals surface area (Å²) < 4.78 is 0. The summed E-state index contributed by atoms with van der Waals surface area (Å²) in [5.41, 5.74) is 0. The molecule has 0 aromatic rings. The molecule has 1 heterocycles. The molecule has 12 heavy (non-hydrogen) atoms. The number of thioether (sulfide) groups is 1. The number of hydrogen-bond donors (Lipinski definition) is 1. The van der Waals surface area contributed by atoms with Crippen molar-refractivity contribution in [2.45, 2.75) is 30.9 Å². The normalized spacial score (nSPS) is 30.8. The summed E-state index contributed by atoms with van der Waals surface area (Å²) in [4.78, 5) is 10.6. The summed E-state index contributed by atoms with van der Waals surface area (Å²) in [5.74, 6) is 1.87. The van der Waals surface area contributed by atoms with Gasteiger partial charge < -0.3 is 5.11 Å². The van der Waals surface area contributed by atoms with Gasteiger partial charge in [0.1, 0.15) is 0 Å². The average molecular weight is 186 g/mol. The van der Waals surface area contributed by atoms with E-state index >= 15 is 0 Å². The first kappa shape index (κ1) is 8.42. The Bertz CT molecular complexity index is 185. The molecule has 1 N–H and O–H groups in total. The summed E-state index contributed by atoms with van der Waals surface area (Å²) in [7, 11) is 0. The summed E-state index contributed by atoms with van der Waals surface area (Å²) in [6.07, 6.45) is 4.20. The first-order valence-corrected chi connectivity index (χ1v) is 5.65. The standard InChI is InChI=1S/C9H14O2S/c10-9(11)5-7(6-1-2-6)8-3-4-12-8/h6-8H,1-5H2,(H,10,11). The molecule has 1 saturated heterocycles. The topological polar surface area (TPSA) is 37.3 Å². The zero-order valence-electron chi connectivity index (χ0n) is 7.03. The van der Waals surface area contributed by atoms with Gasteiger partial charge in [0.15, 0.2) is 0 Å². The van der Waals surface area contributed by atoms with Crippen LogP contribution >= 0.6 is 11.8 Å². The predicted molar refractivity (Wildman–Crippen MR) is 49.3 cm³/mol. The van der Waals surface area contributed by atoms with Crippen LogP contribution in [0.3, 0.4) is 0 Å². The molecule has 0 aromatic heterocycles. The van der Waals surface area contributed by atoms with E-state index in [1.807, 2.05) is 11.8 Å². The molecule has 2 atom stereocenters. The zero-order valence-corrected chi connectivity index (χ0v) is 7.85. The van der Waals surface area contributed by atoms with Crippen LogP contribution in [0.2, 0.25) is 0 Å². The van der Waals surface area contributed by atoms with E-state index < -0.39 is 5.97 Å². The zero-order chi connectivity index (χ0) is 8.55. The van der Waals surface area contributed by atoms with Gasteiger partial charge in [-0.2, -0.15) is 11.8 Å². The molecule has 2 rings (SSSR count). The van der Waals surface area contributed by atoms with Gasteiger partial charge in [-0.25, -0.2) is 0 Å². The molecule has 3 heteroatoms. The van der Waals surface area contributed by atoms with Crippen molar-refractivity contribution in [3.05, 3.63) is 0 Å². The minimum atomic E-state index is -0.612. The quantitative estimate of drug-likeness (QED) is 0.729. The molecular weight excluding hydrogens is 172 g/mol. The lowest BCUT2D eigenvalue weighted by atomic mass is 9.93. The van der Waals surface area contributed by atoms with Gasteiger partial charge >= 0.3 is 5.97 Å². The molecular formula is C9H14O2S. The predicted octanol–water partition coefficient (Wildman–Crippen LogP) is 1.99. The molecule has 2 fully saturated rings. The minimum absolute atomic E-state index is 0.405. The number of hydrogen-bond acceptors (Lipinski definition) is 2. The number of carboxylic acid groups (broad SMARTS) is 1. The van der Waals surface area contributed by atoms with Crippen LogP contribution in [0, 0.1) is 11.8 Å². The first-order valence-electron chi connectivity index (χ1n) is 4.61. The number of rotatable bonds is 4. The van der Waals surface area contributed by atoms with Crippen LogP contribution in [0.15, 0.2) is 0 Å². The molecule has 1 aliphatic heterocycles. The van der Waals surface area contributed by atoms with Crippen molar-refractivity contribution in [1.82, 2.24) is 0 Å². The van der Waals surface area contributed by atoms with Crippen molar-refractivity contribution in [3.63, 3.8) is 0 Å². The van der Waals surface area contributed by atoms with E-state index in [2.05, 4.69) is 0 Å². The monoisotopic (exact) mass is 186 g/mol. The highest BCUT2D eigenvalue weighted by Crippen LogP contribution is 2.47. The van der Waals surface area contributed by atoms with Gasteiger partial charge in [0.05, 0.1) is 0 Å². The van der Waals surface area contributed by atoms with Crippen molar-refractivity contribution >= 4 is 17.7 Å². The van der Waals surface area contributed by atoms with Crippen molar-refractivity contribution in [2.24, 2.45) is 11.8 Å². The lowest BCUT2D eigenvalue weighted by Gasteiger charge is -2.32. The van der Waals surface area contributed by atoms with Gasteiger partial charge in [0.25, 0.3) is 0 Å². The molecule has 1 aliphatic carbocycles. The molecule has 0 bridgehead atoms. The van der Waals surface area contributed by atoms with E-state index in [1.54, 1.807) is 0 Å². The fourth-order valence-electron chi connectivity index (χ4n) is 1.92. The number of carboxylic acids is 1. The van der Waals surface area contributed by atoms with Gasteiger partial charge in [-0.15, -0.1) is 0 Å². The lowest BCUT2D eigenvalue weighted by Crippen LogP contribution is -2.29. The van der Waals surface area contributed by atoms with Crippen molar-refractivity contribution in [3.8, 4) is 0 Å². The largest absolute Gasteiger partial charge is 0.481 e. The number of carbonyl (C=O) groups is 1. The lowest BCUT2D eigenvalue weighted by molar-refractivity contribution is -0.138. The maximum atomic E-state index is 10.6. The van der Waals surface area contributed by atoms with Crippen molar-refractivity contribution in [2.75, 3.05) is 5.75 Å². The summed E-state index contributed by atoms with van der Waals surface area (Å²) >= 11 is 1.96. The maximum Gasteiger partial charge on any atom is 0.303 e. The third-order valence-electron chi connectivity index (χ3n) is 2.85. The van der Waals surface area contributed by atoms with Crippen molar-refractivity contribution < 1.29 is 9.90 Å². The van der Waals surface area contributed by atoms with Crippen LogP contribution in [-0.4, -0.2) is 22.1 Å². The third kappa shape index (κ3) is 1.76. The maximum absolute atomic E-state index is 10.6. The van der Waals surface area contributed by atoms with Gasteiger partial charge in [-0.1, -0.05) is 0 Å². The molecule has 1 saturated carbocycles. The second kappa shape index (κ2) is 3.29. The molecule has 2 unspecified atom stereocenters. The highest BCUT2D eigenvalue weighted by atomic mass is 32.2. The number of aliphatic carboxylic acids is 1. The van der Waals surface area contributed by atoms with Crippen LogP contribution in [0.1, 0.15) is 25.7 Å². The Hall–Kier alpha value is -0.180. The molecule has 68 valence electrons. The third-order valence-corrected chi connectivity index (χ3v) is 4.33. The Morgan fingerprint density at radius 3 is 2.50 bits per heavy atom. The molecule has 0 aromatic carbocycles. The SMILES string of the molecule is O=C(O)CC(C1CC1)C1CCS1. The summed E-state index contributed by atoms with van der Waals surface area (Å²) in [6.45, 7) is 0. The van der Waals surface area contributed by atoms with E-state index in [0.29, 0.717) is 17.6 Å². The fraction of sp³-hybridized carbons (Fsp3) is 0.889. The van der Waals surface area contributed by atoms with Crippen molar-refractivity contribution in [1.29, 1.82) is 0 Å². The van der Waals surface area contributed by atoms with E-state index in [-0.39, 0.29) is 0 Å². The van der Waals surface area contributed by atoms with E-state index in [4.69, 9.17) is 5.11 Å². The Kier molecular flexibility index (Phi) is 2.31. The average Bonchev–Trinajstić information content (AvgIpc) is 2.60. The van der Waals surface area contributed by atoms with Gasteiger partial charge in [0.2, 0.25) is 0 Å². The van der Waals surface area contributed by atoms with Crippen LogP contribution in [-0.2, 0) is 4.79 Å². The Morgan fingerprint density at radius 1 is 1.50 bits per heavy atom. The van der Waals surface area contributed by atoms with Crippen LogP contribution in [0.5, 0.6) is 0 Å².